The van der Waals surface area contributed by atoms with Crippen LogP contribution in [0.4, 0.5) is 0 Å². The molecular weight excluding hydrogens is 402 g/mol. The maximum atomic E-state index is 10.3. The molecule has 2 rings (SSSR count). The summed E-state index contributed by atoms with van der Waals surface area (Å²) < 4.78 is 7.25. The average Bonchev–Trinajstić information content (AvgIpc) is 2.45. The van der Waals surface area contributed by atoms with Crippen molar-refractivity contribution in [3.05, 3.63) is 78.9 Å². The van der Waals surface area contributed by atoms with Gasteiger partial charge in [-0.2, -0.15) is 0 Å². The van der Waals surface area contributed by atoms with Gasteiger partial charge in [-0.3, -0.25) is 10.1 Å². The molecule has 21 heavy (non-hydrogen) atoms. The number of halogens is 2. The van der Waals surface area contributed by atoms with Gasteiger partial charge in [-0.15, -0.1) is 0 Å². The van der Waals surface area contributed by atoms with Crippen molar-refractivity contribution in [3.63, 3.8) is 0 Å². The van der Waals surface area contributed by atoms with Crippen LogP contribution in [0.15, 0.2) is 57.6 Å². The van der Waals surface area contributed by atoms with Gasteiger partial charge in [0.15, 0.2) is 0 Å². The van der Waals surface area contributed by atoms with E-state index in [4.69, 9.17) is 4.74 Å². The van der Waals surface area contributed by atoms with Crippen LogP contribution in [0.2, 0.25) is 0 Å². The third kappa shape index (κ3) is 4.68. The number of nitro groups is 1. The van der Waals surface area contributed by atoms with Crippen LogP contribution in [0.1, 0.15) is 11.1 Å². The van der Waals surface area contributed by atoms with Crippen LogP contribution >= 0.6 is 31.9 Å². The summed E-state index contributed by atoms with van der Waals surface area (Å²) in [7, 11) is 0. The van der Waals surface area contributed by atoms with Crippen LogP contribution in [-0.2, 0) is 6.61 Å². The summed E-state index contributed by atoms with van der Waals surface area (Å²) in [5.74, 6) is 0.664. The highest BCUT2D eigenvalue weighted by atomic mass is 79.9. The first-order chi connectivity index (χ1) is 10.1. The lowest BCUT2D eigenvalue weighted by molar-refractivity contribution is -0.400. The second-order valence-electron chi connectivity index (χ2n) is 4.19. The van der Waals surface area contributed by atoms with Gasteiger partial charge in [-0.05, 0) is 55.1 Å². The number of hydrogen-bond donors (Lipinski definition) is 0. The predicted octanol–water partition coefficient (Wildman–Crippen LogP) is 5.04. The summed E-state index contributed by atoms with van der Waals surface area (Å²) in [5, 5.41) is 10.3. The molecule has 0 aliphatic heterocycles. The number of rotatable bonds is 5. The van der Waals surface area contributed by atoms with E-state index in [2.05, 4.69) is 31.9 Å². The zero-order chi connectivity index (χ0) is 15.2. The van der Waals surface area contributed by atoms with E-state index >= 15 is 0 Å². The van der Waals surface area contributed by atoms with E-state index in [0.717, 1.165) is 20.7 Å². The molecule has 0 aliphatic carbocycles. The number of benzene rings is 2. The summed E-state index contributed by atoms with van der Waals surface area (Å²) in [4.78, 5) is 9.84. The first-order valence-corrected chi connectivity index (χ1v) is 7.62. The minimum absolute atomic E-state index is 0.447. The fourth-order valence-electron chi connectivity index (χ4n) is 1.69. The maximum absolute atomic E-state index is 10.3. The molecule has 0 aromatic heterocycles. The van der Waals surface area contributed by atoms with Crippen LogP contribution in [0, 0.1) is 10.1 Å². The van der Waals surface area contributed by atoms with Crippen molar-refractivity contribution >= 4 is 37.9 Å². The van der Waals surface area contributed by atoms with Gasteiger partial charge in [-0.25, -0.2) is 0 Å². The molecule has 0 saturated carbocycles. The fourth-order valence-corrected chi connectivity index (χ4v) is 3.14. The molecule has 0 N–H and O–H groups in total. The van der Waals surface area contributed by atoms with Gasteiger partial charge in [-0.1, -0.05) is 30.3 Å². The van der Waals surface area contributed by atoms with E-state index in [1.807, 2.05) is 30.3 Å². The van der Waals surface area contributed by atoms with Gasteiger partial charge in [0, 0.05) is 6.08 Å². The van der Waals surface area contributed by atoms with Crippen LogP contribution < -0.4 is 4.74 Å². The van der Waals surface area contributed by atoms with Crippen molar-refractivity contribution in [2.24, 2.45) is 0 Å². The Bertz CT molecular complexity index is 649. The molecule has 0 amide bonds. The Labute approximate surface area is 138 Å². The molecule has 0 fully saturated rings. The lowest BCUT2D eigenvalue weighted by Gasteiger charge is -2.11. The van der Waals surface area contributed by atoms with E-state index in [1.54, 1.807) is 12.1 Å². The summed E-state index contributed by atoms with van der Waals surface area (Å²) in [6.07, 6.45) is 2.33. The van der Waals surface area contributed by atoms with Crippen LogP contribution in [0.25, 0.3) is 6.08 Å². The second kappa shape index (κ2) is 7.38. The van der Waals surface area contributed by atoms with Gasteiger partial charge < -0.3 is 4.74 Å². The Morgan fingerprint density at radius 2 is 1.76 bits per heavy atom. The number of hydrogen-bond acceptors (Lipinski definition) is 3. The van der Waals surface area contributed by atoms with Gasteiger partial charge >= 0.3 is 0 Å². The Hall–Kier alpha value is -1.66. The molecule has 0 aliphatic rings. The Balaban J connectivity index is 2.15. The molecule has 4 nitrogen and oxygen atoms in total. The van der Waals surface area contributed by atoms with Crippen molar-refractivity contribution in [1.29, 1.82) is 0 Å². The van der Waals surface area contributed by atoms with Crippen LogP contribution in [-0.4, -0.2) is 4.92 Å². The Kier molecular flexibility index (Phi) is 5.52. The Morgan fingerprint density at radius 1 is 1.14 bits per heavy atom. The summed E-state index contributed by atoms with van der Waals surface area (Å²) in [5.41, 5.74) is 1.77. The standard InChI is InChI=1S/C15H11Br2NO3/c16-13-8-12(6-7-18(19)20)9-14(17)15(13)21-10-11-4-2-1-3-5-11/h1-9H,10H2/b7-6-. The normalized spacial score (nSPS) is 10.8. The van der Waals surface area contributed by atoms with Gasteiger partial charge in [0.05, 0.1) is 13.9 Å². The van der Waals surface area contributed by atoms with Crippen LogP contribution in [0.5, 0.6) is 5.75 Å². The molecule has 2 aromatic rings. The highest BCUT2D eigenvalue weighted by Crippen LogP contribution is 2.35. The fraction of sp³-hybridized carbons (Fsp3) is 0.0667. The molecule has 108 valence electrons. The topological polar surface area (TPSA) is 52.4 Å². The second-order valence-corrected chi connectivity index (χ2v) is 5.90. The molecule has 0 saturated heterocycles. The highest BCUT2D eigenvalue weighted by molar-refractivity contribution is 9.11. The van der Waals surface area contributed by atoms with Crippen molar-refractivity contribution in [2.75, 3.05) is 0 Å². The molecule has 0 heterocycles. The zero-order valence-corrected chi connectivity index (χ0v) is 14.0. The summed E-state index contributed by atoms with van der Waals surface area (Å²) in [6.45, 7) is 0.447. The minimum Gasteiger partial charge on any atom is -0.487 e. The zero-order valence-electron chi connectivity index (χ0n) is 10.8. The lowest BCUT2D eigenvalue weighted by Crippen LogP contribution is -1.97. The summed E-state index contributed by atoms with van der Waals surface area (Å²) >= 11 is 6.84. The van der Waals surface area contributed by atoms with Crippen molar-refractivity contribution < 1.29 is 9.66 Å². The third-order valence-corrected chi connectivity index (χ3v) is 3.81. The number of nitrogens with zero attached hydrogens (tertiary/aromatic N) is 1. The highest BCUT2D eigenvalue weighted by Gasteiger charge is 2.09. The van der Waals surface area contributed by atoms with Gasteiger partial charge in [0.25, 0.3) is 0 Å². The largest absolute Gasteiger partial charge is 0.487 e. The van der Waals surface area contributed by atoms with E-state index in [9.17, 15) is 10.1 Å². The SMILES string of the molecule is O=[N+]([O-])/C=C\c1cc(Br)c(OCc2ccccc2)c(Br)c1. The predicted molar refractivity (Wildman–Crippen MR) is 88.6 cm³/mol. The smallest absolute Gasteiger partial charge is 0.235 e. The monoisotopic (exact) mass is 411 g/mol. The van der Waals surface area contributed by atoms with E-state index in [-0.39, 0.29) is 0 Å². The van der Waals surface area contributed by atoms with Gasteiger partial charge in [0.1, 0.15) is 12.4 Å². The number of ether oxygens (including phenoxy) is 1. The molecule has 0 spiro atoms. The molecule has 0 radical (unpaired) electrons. The minimum atomic E-state index is -0.498. The molecule has 6 heteroatoms. The van der Waals surface area contributed by atoms with Crippen molar-refractivity contribution in [2.45, 2.75) is 6.61 Å². The quantitative estimate of drug-likeness (QED) is 0.510. The van der Waals surface area contributed by atoms with Crippen molar-refractivity contribution in [3.8, 4) is 5.75 Å². The van der Waals surface area contributed by atoms with Gasteiger partial charge in [0.2, 0.25) is 6.20 Å². The average molecular weight is 413 g/mol. The molecule has 0 atom stereocenters. The van der Waals surface area contributed by atoms with Crippen LogP contribution in [0.3, 0.4) is 0 Å². The summed E-state index contributed by atoms with van der Waals surface area (Å²) in [6, 6.07) is 13.4. The first kappa shape index (κ1) is 15.7. The maximum Gasteiger partial charge on any atom is 0.235 e. The third-order valence-electron chi connectivity index (χ3n) is 2.64. The molecule has 0 unspecified atom stereocenters. The molecule has 2 aromatic carbocycles. The lowest BCUT2D eigenvalue weighted by atomic mass is 10.2. The van der Waals surface area contributed by atoms with E-state index in [1.165, 1.54) is 6.08 Å². The molecular formula is C15H11Br2NO3. The van der Waals surface area contributed by atoms with Crippen molar-refractivity contribution in [1.82, 2.24) is 0 Å². The Morgan fingerprint density at radius 3 is 2.33 bits per heavy atom. The van der Waals surface area contributed by atoms with E-state index in [0.29, 0.717) is 17.9 Å². The molecule has 0 bridgehead atoms. The van der Waals surface area contributed by atoms with E-state index < -0.39 is 4.92 Å². The first-order valence-electron chi connectivity index (χ1n) is 6.04.